The van der Waals surface area contributed by atoms with Crippen molar-refractivity contribution in [3.63, 3.8) is 0 Å². The third kappa shape index (κ3) is 3.99. The van der Waals surface area contributed by atoms with E-state index in [4.69, 9.17) is 23.2 Å². The number of pyridine rings is 1. The predicted molar refractivity (Wildman–Crippen MR) is 101 cm³/mol. The number of nitriles is 1. The molecule has 0 saturated heterocycles. The summed E-state index contributed by atoms with van der Waals surface area (Å²) in [5, 5.41) is 13.4. The molecule has 4 nitrogen and oxygen atoms in total. The summed E-state index contributed by atoms with van der Waals surface area (Å²) >= 11 is 13.4. The highest BCUT2D eigenvalue weighted by Gasteiger charge is 2.15. The van der Waals surface area contributed by atoms with Crippen LogP contribution in [0.25, 0.3) is 10.4 Å². The Hall–Kier alpha value is -2.39. The average Bonchev–Trinajstić information content (AvgIpc) is 3.02. The van der Waals surface area contributed by atoms with Gasteiger partial charge in [0, 0.05) is 17.3 Å². The van der Waals surface area contributed by atoms with Crippen LogP contribution in [0.4, 0.5) is 5.00 Å². The van der Waals surface area contributed by atoms with Gasteiger partial charge in [-0.25, -0.2) is 0 Å². The number of anilines is 1. The normalized spacial score (nSPS) is 10.3. The van der Waals surface area contributed by atoms with E-state index in [2.05, 4.69) is 16.4 Å². The van der Waals surface area contributed by atoms with Gasteiger partial charge in [-0.3, -0.25) is 9.78 Å². The number of amides is 1. The predicted octanol–water partition coefficient (Wildman–Crippen LogP) is 5.17. The molecule has 0 fully saturated rings. The van der Waals surface area contributed by atoms with E-state index in [0.29, 0.717) is 26.2 Å². The zero-order valence-corrected chi connectivity index (χ0v) is 15.1. The third-order valence-corrected chi connectivity index (χ3v) is 5.41. The van der Waals surface area contributed by atoms with Gasteiger partial charge in [0.2, 0.25) is 5.91 Å². The summed E-state index contributed by atoms with van der Waals surface area (Å²) in [5.74, 6) is -0.260. The maximum atomic E-state index is 12.3. The fraction of sp³-hybridized carbons (Fsp3) is 0.0556. The van der Waals surface area contributed by atoms with Crippen LogP contribution in [0.15, 0.2) is 48.8 Å². The summed E-state index contributed by atoms with van der Waals surface area (Å²) in [7, 11) is 0. The van der Waals surface area contributed by atoms with Crippen molar-refractivity contribution in [1.82, 2.24) is 4.98 Å². The lowest BCUT2D eigenvalue weighted by molar-refractivity contribution is -0.115. The van der Waals surface area contributed by atoms with Crippen LogP contribution in [0.3, 0.4) is 0 Å². The standard InChI is InChI=1S/C18H11Cl2N3OS/c19-14-3-1-2-12(17(14)20)9-16(24)23-18-13(10-21)8-15(25-18)11-4-6-22-7-5-11/h1-8H,9H2,(H,23,24). The Labute approximate surface area is 158 Å². The Balaban J connectivity index is 1.81. The number of aromatic nitrogens is 1. The van der Waals surface area contributed by atoms with Crippen LogP contribution in [0, 0.1) is 11.3 Å². The van der Waals surface area contributed by atoms with Crippen molar-refractivity contribution in [2.24, 2.45) is 0 Å². The van der Waals surface area contributed by atoms with E-state index in [1.54, 1.807) is 36.7 Å². The smallest absolute Gasteiger partial charge is 0.229 e. The van der Waals surface area contributed by atoms with Crippen molar-refractivity contribution in [2.75, 3.05) is 5.32 Å². The first-order valence-corrected chi connectivity index (χ1v) is 8.83. The van der Waals surface area contributed by atoms with Crippen LogP contribution in [0.1, 0.15) is 11.1 Å². The van der Waals surface area contributed by atoms with Gasteiger partial charge in [0.1, 0.15) is 11.1 Å². The van der Waals surface area contributed by atoms with Crippen LogP contribution in [-0.4, -0.2) is 10.9 Å². The minimum atomic E-state index is -0.260. The molecule has 1 amide bonds. The zero-order chi connectivity index (χ0) is 17.8. The molecule has 1 N–H and O–H groups in total. The molecule has 3 rings (SSSR count). The molecular formula is C18H11Cl2N3OS. The molecule has 0 bridgehead atoms. The van der Waals surface area contributed by atoms with E-state index in [-0.39, 0.29) is 12.3 Å². The number of halogens is 2. The topological polar surface area (TPSA) is 65.8 Å². The average molecular weight is 388 g/mol. The summed E-state index contributed by atoms with van der Waals surface area (Å²) in [6.07, 6.45) is 3.44. The summed E-state index contributed by atoms with van der Waals surface area (Å²) in [4.78, 5) is 17.2. The van der Waals surface area contributed by atoms with Gasteiger partial charge in [-0.2, -0.15) is 5.26 Å². The minimum Gasteiger partial charge on any atom is -0.316 e. The van der Waals surface area contributed by atoms with Crippen LogP contribution in [0.2, 0.25) is 10.0 Å². The number of thiophene rings is 1. The second kappa shape index (κ2) is 7.66. The molecule has 25 heavy (non-hydrogen) atoms. The maximum Gasteiger partial charge on any atom is 0.229 e. The largest absolute Gasteiger partial charge is 0.316 e. The Kier molecular flexibility index (Phi) is 5.34. The van der Waals surface area contributed by atoms with Crippen LogP contribution < -0.4 is 5.32 Å². The highest BCUT2D eigenvalue weighted by molar-refractivity contribution is 7.19. The lowest BCUT2D eigenvalue weighted by atomic mass is 10.1. The number of carbonyl (C=O) groups is 1. The molecule has 0 atom stereocenters. The number of hydrogen-bond acceptors (Lipinski definition) is 4. The number of hydrogen-bond donors (Lipinski definition) is 1. The van der Waals surface area contributed by atoms with E-state index in [9.17, 15) is 10.1 Å². The molecule has 7 heteroatoms. The number of rotatable bonds is 4. The number of benzene rings is 1. The van der Waals surface area contributed by atoms with E-state index in [1.807, 2.05) is 12.1 Å². The minimum absolute atomic E-state index is 0.0761. The van der Waals surface area contributed by atoms with Crippen LogP contribution >= 0.6 is 34.5 Å². The molecule has 2 heterocycles. The van der Waals surface area contributed by atoms with Gasteiger partial charge in [0.15, 0.2) is 0 Å². The zero-order valence-electron chi connectivity index (χ0n) is 12.8. The molecule has 1 aromatic carbocycles. The van der Waals surface area contributed by atoms with Crippen molar-refractivity contribution in [3.8, 4) is 16.5 Å². The highest BCUT2D eigenvalue weighted by atomic mass is 35.5. The van der Waals surface area contributed by atoms with Crippen molar-refractivity contribution in [2.45, 2.75) is 6.42 Å². The van der Waals surface area contributed by atoms with E-state index < -0.39 is 0 Å². The molecule has 0 aliphatic heterocycles. The van der Waals surface area contributed by atoms with Gasteiger partial charge in [-0.05, 0) is 35.4 Å². The Morgan fingerprint density at radius 1 is 1.24 bits per heavy atom. The van der Waals surface area contributed by atoms with E-state index in [0.717, 1.165) is 10.4 Å². The molecule has 0 radical (unpaired) electrons. The van der Waals surface area contributed by atoms with E-state index in [1.165, 1.54) is 11.3 Å². The maximum absolute atomic E-state index is 12.3. The molecule has 124 valence electrons. The lowest BCUT2D eigenvalue weighted by Crippen LogP contribution is -2.14. The Morgan fingerprint density at radius 3 is 2.72 bits per heavy atom. The van der Waals surface area contributed by atoms with Crippen LogP contribution in [-0.2, 0) is 11.2 Å². The van der Waals surface area contributed by atoms with Crippen molar-refractivity contribution in [3.05, 3.63) is 70.0 Å². The first-order chi connectivity index (χ1) is 12.1. The summed E-state index contributed by atoms with van der Waals surface area (Å²) in [5.41, 5.74) is 1.99. The molecular weight excluding hydrogens is 377 g/mol. The summed E-state index contributed by atoms with van der Waals surface area (Å²) in [6.45, 7) is 0. The monoisotopic (exact) mass is 387 g/mol. The number of nitrogens with one attached hydrogen (secondary N) is 1. The number of carbonyl (C=O) groups excluding carboxylic acids is 1. The van der Waals surface area contributed by atoms with E-state index >= 15 is 0 Å². The van der Waals surface area contributed by atoms with Crippen molar-refractivity contribution >= 4 is 45.4 Å². The number of nitrogens with zero attached hydrogens (tertiary/aromatic N) is 2. The Morgan fingerprint density at radius 2 is 2.00 bits per heavy atom. The first kappa shape index (κ1) is 17.4. The highest BCUT2D eigenvalue weighted by Crippen LogP contribution is 2.35. The fourth-order valence-corrected chi connectivity index (χ4v) is 3.67. The fourth-order valence-electron chi connectivity index (χ4n) is 2.25. The quantitative estimate of drug-likeness (QED) is 0.671. The van der Waals surface area contributed by atoms with Gasteiger partial charge < -0.3 is 5.32 Å². The lowest BCUT2D eigenvalue weighted by Gasteiger charge is -2.06. The van der Waals surface area contributed by atoms with Gasteiger partial charge in [0.05, 0.1) is 22.0 Å². The van der Waals surface area contributed by atoms with Crippen molar-refractivity contribution in [1.29, 1.82) is 5.26 Å². The molecule has 0 unspecified atom stereocenters. The van der Waals surface area contributed by atoms with Gasteiger partial charge in [-0.1, -0.05) is 35.3 Å². The van der Waals surface area contributed by atoms with Gasteiger partial charge in [-0.15, -0.1) is 11.3 Å². The van der Waals surface area contributed by atoms with Crippen LogP contribution in [0.5, 0.6) is 0 Å². The first-order valence-electron chi connectivity index (χ1n) is 7.25. The molecule has 2 aromatic heterocycles. The Bertz CT molecular complexity index is 964. The third-order valence-electron chi connectivity index (χ3n) is 3.45. The molecule has 0 spiro atoms. The molecule has 0 aliphatic rings. The van der Waals surface area contributed by atoms with Gasteiger partial charge >= 0.3 is 0 Å². The van der Waals surface area contributed by atoms with Gasteiger partial charge in [0.25, 0.3) is 0 Å². The second-order valence-corrected chi connectivity index (χ2v) is 6.98. The molecule has 0 aliphatic carbocycles. The second-order valence-electron chi connectivity index (χ2n) is 5.14. The molecule has 3 aromatic rings. The summed E-state index contributed by atoms with van der Waals surface area (Å²) < 4.78 is 0. The summed E-state index contributed by atoms with van der Waals surface area (Å²) in [6, 6.07) is 12.7. The van der Waals surface area contributed by atoms with Crippen molar-refractivity contribution < 1.29 is 4.79 Å². The molecule has 0 saturated carbocycles. The SMILES string of the molecule is N#Cc1cc(-c2ccncc2)sc1NC(=O)Cc1cccc(Cl)c1Cl.